The molecule has 2 saturated heterocycles. The molecule has 9 heteroatoms. The molecule has 2 fully saturated rings. The molecule has 0 saturated carbocycles. The Balaban J connectivity index is 1.46. The van der Waals surface area contributed by atoms with E-state index in [2.05, 4.69) is 56.0 Å². The van der Waals surface area contributed by atoms with Crippen molar-refractivity contribution >= 4 is 28.9 Å². The fourth-order valence-corrected chi connectivity index (χ4v) is 4.40. The molecule has 0 spiro atoms. The van der Waals surface area contributed by atoms with Crippen LogP contribution >= 0.6 is 11.6 Å². The van der Waals surface area contributed by atoms with Crippen molar-refractivity contribution in [2.75, 3.05) is 82.2 Å². The third-order valence-corrected chi connectivity index (χ3v) is 6.15. The molecule has 1 unspecified atom stereocenters. The van der Waals surface area contributed by atoms with Crippen LogP contribution in [0.2, 0.25) is 5.28 Å². The van der Waals surface area contributed by atoms with Crippen molar-refractivity contribution in [2.24, 2.45) is 0 Å². The molecule has 3 aliphatic rings. The first-order chi connectivity index (χ1) is 13.0. The summed E-state index contributed by atoms with van der Waals surface area (Å²) >= 11 is 6.25. The van der Waals surface area contributed by atoms with Crippen LogP contribution in [-0.2, 0) is 4.74 Å². The third-order valence-electron chi connectivity index (χ3n) is 5.99. The van der Waals surface area contributed by atoms with E-state index in [1.807, 2.05) is 0 Å². The summed E-state index contributed by atoms with van der Waals surface area (Å²) in [5, 5.41) is 3.97. The highest BCUT2D eigenvalue weighted by Crippen LogP contribution is 2.40. The molecule has 1 aromatic rings. The number of aromatic nitrogens is 2. The Labute approximate surface area is 166 Å². The van der Waals surface area contributed by atoms with E-state index < -0.39 is 0 Å². The standard InChI is InChI=1S/C18H30ClN7O/c1-23(2)13-4-6-25(7-5-13)12-14-20-15-16(24(14)3)21-18(19)22-17(15)26-8-10-27-11-9-26/h13-14,20H,4-12H2,1-3H3. The molecule has 0 radical (unpaired) electrons. The van der Waals surface area contributed by atoms with Crippen LogP contribution in [0.25, 0.3) is 0 Å². The van der Waals surface area contributed by atoms with E-state index >= 15 is 0 Å². The van der Waals surface area contributed by atoms with E-state index in [1.165, 1.54) is 12.8 Å². The summed E-state index contributed by atoms with van der Waals surface area (Å²) in [6.07, 6.45) is 2.63. The summed E-state index contributed by atoms with van der Waals surface area (Å²) in [4.78, 5) is 18.4. The number of rotatable bonds is 4. The molecule has 0 aromatic carbocycles. The van der Waals surface area contributed by atoms with E-state index in [1.54, 1.807) is 0 Å². The van der Waals surface area contributed by atoms with Crippen LogP contribution in [0, 0.1) is 0 Å². The number of anilines is 3. The molecule has 1 N–H and O–H groups in total. The Morgan fingerprint density at radius 3 is 2.44 bits per heavy atom. The second-order valence-electron chi connectivity index (χ2n) is 7.88. The highest BCUT2D eigenvalue weighted by Gasteiger charge is 2.34. The van der Waals surface area contributed by atoms with E-state index in [-0.39, 0.29) is 6.17 Å². The van der Waals surface area contributed by atoms with Crippen molar-refractivity contribution in [1.82, 2.24) is 19.8 Å². The number of nitrogens with one attached hydrogen (secondary N) is 1. The number of morpholine rings is 1. The molecule has 8 nitrogen and oxygen atoms in total. The topological polar surface area (TPSA) is 60.0 Å². The molecule has 1 aromatic heterocycles. The van der Waals surface area contributed by atoms with Crippen LogP contribution in [-0.4, -0.2) is 99.1 Å². The number of fused-ring (bicyclic) bond motifs is 1. The quantitative estimate of drug-likeness (QED) is 0.763. The summed E-state index contributed by atoms with van der Waals surface area (Å²) in [5.41, 5.74) is 0.997. The van der Waals surface area contributed by atoms with E-state index in [4.69, 9.17) is 16.3 Å². The van der Waals surface area contributed by atoms with Crippen LogP contribution in [0.3, 0.4) is 0 Å². The maximum Gasteiger partial charge on any atom is 0.226 e. The van der Waals surface area contributed by atoms with Gasteiger partial charge in [0.05, 0.1) is 13.2 Å². The zero-order valence-electron chi connectivity index (χ0n) is 16.5. The van der Waals surface area contributed by atoms with Crippen molar-refractivity contribution in [2.45, 2.75) is 25.0 Å². The van der Waals surface area contributed by atoms with Gasteiger partial charge in [-0.2, -0.15) is 9.97 Å². The van der Waals surface area contributed by atoms with Crippen molar-refractivity contribution in [3.8, 4) is 0 Å². The van der Waals surface area contributed by atoms with Crippen LogP contribution in [0.1, 0.15) is 12.8 Å². The maximum atomic E-state index is 6.25. The van der Waals surface area contributed by atoms with Crippen LogP contribution in [0.5, 0.6) is 0 Å². The van der Waals surface area contributed by atoms with Crippen LogP contribution < -0.4 is 15.1 Å². The molecule has 3 aliphatic heterocycles. The van der Waals surface area contributed by atoms with Gasteiger partial charge >= 0.3 is 0 Å². The summed E-state index contributed by atoms with van der Waals surface area (Å²) in [5.74, 6) is 1.79. The van der Waals surface area contributed by atoms with Gasteiger partial charge in [0.25, 0.3) is 0 Å². The number of hydrogen-bond donors (Lipinski definition) is 1. The van der Waals surface area contributed by atoms with Gasteiger partial charge in [-0.05, 0) is 51.6 Å². The third kappa shape index (κ3) is 3.94. The lowest BCUT2D eigenvalue weighted by atomic mass is 10.0. The smallest absolute Gasteiger partial charge is 0.226 e. The number of piperidine rings is 1. The van der Waals surface area contributed by atoms with E-state index in [9.17, 15) is 0 Å². The number of ether oxygens (including phenoxy) is 1. The molecule has 0 amide bonds. The lowest BCUT2D eigenvalue weighted by molar-refractivity contribution is 0.122. The zero-order valence-corrected chi connectivity index (χ0v) is 17.2. The Morgan fingerprint density at radius 1 is 1.11 bits per heavy atom. The van der Waals surface area contributed by atoms with Gasteiger partial charge in [0.1, 0.15) is 11.9 Å². The average Bonchev–Trinajstić information content (AvgIpc) is 2.98. The second-order valence-corrected chi connectivity index (χ2v) is 8.22. The maximum absolute atomic E-state index is 6.25. The molecular formula is C18H30ClN7O. The lowest BCUT2D eigenvalue weighted by Gasteiger charge is -2.37. The molecule has 1 atom stereocenters. The fourth-order valence-electron chi connectivity index (χ4n) is 4.24. The van der Waals surface area contributed by atoms with Gasteiger partial charge in [-0.1, -0.05) is 0 Å². The number of likely N-dealkylation sites (N-methyl/N-ethyl adjacent to an activating group) is 1. The Kier molecular flexibility index (Phi) is 5.59. The first-order valence-corrected chi connectivity index (χ1v) is 10.2. The zero-order chi connectivity index (χ0) is 19.0. The largest absolute Gasteiger partial charge is 0.378 e. The molecular weight excluding hydrogens is 366 g/mol. The Morgan fingerprint density at radius 2 is 1.78 bits per heavy atom. The van der Waals surface area contributed by atoms with Gasteiger partial charge < -0.3 is 24.8 Å². The van der Waals surface area contributed by atoms with E-state index in [0.29, 0.717) is 11.3 Å². The minimum Gasteiger partial charge on any atom is -0.378 e. The number of halogens is 1. The summed E-state index contributed by atoms with van der Waals surface area (Å²) in [6.45, 7) is 6.32. The Bertz CT molecular complexity index is 659. The number of nitrogens with zero attached hydrogens (tertiary/aromatic N) is 6. The van der Waals surface area contributed by atoms with Crippen molar-refractivity contribution in [3.05, 3.63) is 5.28 Å². The summed E-state index contributed by atoms with van der Waals surface area (Å²) in [7, 11) is 6.44. The Hall–Kier alpha value is -1.35. The van der Waals surface area contributed by atoms with Gasteiger partial charge in [-0.25, -0.2) is 0 Å². The van der Waals surface area contributed by atoms with Crippen LogP contribution in [0.4, 0.5) is 17.3 Å². The number of hydrogen-bond acceptors (Lipinski definition) is 8. The van der Waals surface area contributed by atoms with Crippen molar-refractivity contribution in [1.29, 1.82) is 0 Å². The summed E-state index contributed by atoms with van der Waals surface area (Å²) in [6, 6.07) is 0.699. The first kappa shape index (κ1) is 19.0. The fraction of sp³-hybridized carbons (Fsp3) is 0.778. The van der Waals surface area contributed by atoms with Gasteiger partial charge in [0, 0.05) is 32.7 Å². The molecule has 0 aliphatic carbocycles. The predicted molar refractivity (Wildman–Crippen MR) is 109 cm³/mol. The molecule has 27 heavy (non-hydrogen) atoms. The van der Waals surface area contributed by atoms with Gasteiger partial charge in [-0.3, -0.25) is 4.90 Å². The number of likely N-dealkylation sites (tertiary alicyclic amines) is 1. The summed E-state index contributed by atoms with van der Waals surface area (Å²) < 4.78 is 5.48. The predicted octanol–water partition coefficient (Wildman–Crippen LogP) is 1.18. The monoisotopic (exact) mass is 395 g/mol. The molecule has 4 heterocycles. The highest BCUT2D eigenvalue weighted by atomic mass is 35.5. The van der Waals surface area contributed by atoms with Crippen molar-refractivity contribution < 1.29 is 4.74 Å². The average molecular weight is 396 g/mol. The molecule has 150 valence electrons. The molecule has 4 rings (SSSR count). The van der Waals surface area contributed by atoms with Gasteiger partial charge in [0.2, 0.25) is 5.28 Å². The lowest BCUT2D eigenvalue weighted by Crippen LogP contribution is -2.48. The van der Waals surface area contributed by atoms with Gasteiger partial charge in [0.15, 0.2) is 11.6 Å². The van der Waals surface area contributed by atoms with Gasteiger partial charge in [-0.15, -0.1) is 0 Å². The molecule has 0 bridgehead atoms. The minimum atomic E-state index is 0.184. The first-order valence-electron chi connectivity index (χ1n) is 9.81. The van der Waals surface area contributed by atoms with Crippen LogP contribution in [0.15, 0.2) is 0 Å². The SMILES string of the molecule is CN(C)C1CCN(CC2Nc3c(N4CCOCC4)nc(Cl)nc3N2C)CC1. The van der Waals surface area contributed by atoms with E-state index in [0.717, 1.165) is 63.3 Å². The normalized spacial score (nSPS) is 24.4. The highest BCUT2D eigenvalue weighted by molar-refractivity contribution is 6.28. The van der Waals surface area contributed by atoms with Crippen molar-refractivity contribution in [3.63, 3.8) is 0 Å². The second kappa shape index (κ2) is 7.95. The minimum absolute atomic E-state index is 0.184.